The van der Waals surface area contributed by atoms with Gasteiger partial charge in [-0.1, -0.05) is 61.7 Å². The van der Waals surface area contributed by atoms with Crippen molar-refractivity contribution in [2.45, 2.75) is 18.8 Å². The number of hydrogen-bond acceptors (Lipinski definition) is 2. The van der Waals surface area contributed by atoms with E-state index in [4.69, 9.17) is 0 Å². The second kappa shape index (κ2) is 6.31. The molecule has 2 rings (SSSR count). The molecular weight excluding hydrogens is 374 g/mol. The standard InChI is InChI=1S/C14H15Br2NS/c1-11-2-4-12(5-3-11)14(9-15,10-16)8-13-17-6-7-18-13/h2-7H,8-10H2,1H3. The number of halogens is 2. The Morgan fingerprint density at radius 3 is 2.33 bits per heavy atom. The maximum atomic E-state index is 4.42. The first-order valence-electron chi connectivity index (χ1n) is 5.78. The first-order valence-corrected chi connectivity index (χ1v) is 8.90. The minimum absolute atomic E-state index is 0.0750. The molecule has 0 spiro atoms. The largest absolute Gasteiger partial charge is 0.250 e. The van der Waals surface area contributed by atoms with Crippen molar-refractivity contribution in [1.29, 1.82) is 0 Å². The van der Waals surface area contributed by atoms with E-state index in [1.54, 1.807) is 11.3 Å². The van der Waals surface area contributed by atoms with Crippen molar-refractivity contribution in [2.24, 2.45) is 0 Å². The highest BCUT2D eigenvalue weighted by molar-refractivity contribution is 9.09. The van der Waals surface area contributed by atoms with Gasteiger partial charge in [-0.2, -0.15) is 0 Å². The van der Waals surface area contributed by atoms with Crippen molar-refractivity contribution >= 4 is 43.2 Å². The SMILES string of the molecule is Cc1ccc(C(CBr)(CBr)Cc2nccs2)cc1. The highest BCUT2D eigenvalue weighted by Crippen LogP contribution is 2.33. The molecular formula is C14H15Br2NS. The van der Waals surface area contributed by atoms with Gasteiger partial charge in [0.1, 0.15) is 0 Å². The summed E-state index contributed by atoms with van der Waals surface area (Å²) in [4.78, 5) is 4.42. The van der Waals surface area contributed by atoms with Crippen molar-refractivity contribution in [3.8, 4) is 0 Å². The van der Waals surface area contributed by atoms with Crippen LogP contribution in [-0.2, 0) is 11.8 Å². The topological polar surface area (TPSA) is 12.9 Å². The van der Waals surface area contributed by atoms with Gasteiger partial charge in [0.05, 0.1) is 5.01 Å². The molecule has 0 atom stereocenters. The third-order valence-electron chi connectivity index (χ3n) is 3.15. The fourth-order valence-corrected chi connectivity index (χ4v) is 4.66. The van der Waals surface area contributed by atoms with Crippen LogP contribution in [0, 0.1) is 6.92 Å². The number of benzene rings is 1. The van der Waals surface area contributed by atoms with Gasteiger partial charge in [0, 0.05) is 34.1 Å². The average Bonchev–Trinajstić information content (AvgIpc) is 2.90. The summed E-state index contributed by atoms with van der Waals surface area (Å²) in [6, 6.07) is 8.81. The van der Waals surface area contributed by atoms with Crippen LogP contribution < -0.4 is 0 Å². The van der Waals surface area contributed by atoms with Gasteiger partial charge >= 0.3 is 0 Å². The molecule has 0 N–H and O–H groups in total. The molecule has 0 bridgehead atoms. The molecule has 0 fully saturated rings. The highest BCUT2D eigenvalue weighted by atomic mass is 79.9. The molecule has 0 saturated carbocycles. The van der Waals surface area contributed by atoms with Crippen LogP contribution in [0.25, 0.3) is 0 Å². The molecule has 0 aliphatic heterocycles. The fourth-order valence-electron chi connectivity index (χ4n) is 1.92. The van der Waals surface area contributed by atoms with Gasteiger partial charge in [-0.05, 0) is 12.5 Å². The molecule has 1 heterocycles. The van der Waals surface area contributed by atoms with Gasteiger partial charge in [0.2, 0.25) is 0 Å². The predicted molar refractivity (Wildman–Crippen MR) is 86.3 cm³/mol. The Labute approximate surface area is 129 Å². The van der Waals surface area contributed by atoms with Crippen LogP contribution in [0.2, 0.25) is 0 Å². The molecule has 18 heavy (non-hydrogen) atoms. The summed E-state index contributed by atoms with van der Waals surface area (Å²) >= 11 is 9.09. The summed E-state index contributed by atoms with van der Waals surface area (Å²) in [5, 5.41) is 5.08. The van der Waals surface area contributed by atoms with E-state index in [0.29, 0.717) is 0 Å². The molecule has 0 aliphatic rings. The third-order valence-corrected chi connectivity index (χ3v) is 6.07. The monoisotopic (exact) mass is 387 g/mol. The summed E-state index contributed by atoms with van der Waals surface area (Å²) in [5.74, 6) is 0. The molecule has 4 heteroatoms. The predicted octanol–water partition coefficient (Wildman–Crippen LogP) is 4.72. The Kier molecular flexibility index (Phi) is 4.98. The summed E-state index contributed by atoms with van der Waals surface area (Å²) < 4.78 is 0. The molecule has 96 valence electrons. The summed E-state index contributed by atoms with van der Waals surface area (Å²) in [7, 11) is 0. The lowest BCUT2D eigenvalue weighted by atomic mass is 9.81. The molecule has 2 aromatic rings. The van der Waals surface area contributed by atoms with Gasteiger partial charge in [0.15, 0.2) is 0 Å². The lowest BCUT2D eigenvalue weighted by Gasteiger charge is -2.30. The molecule has 0 radical (unpaired) electrons. The van der Waals surface area contributed by atoms with E-state index in [-0.39, 0.29) is 5.41 Å². The van der Waals surface area contributed by atoms with Gasteiger partial charge in [-0.25, -0.2) is 4.98 Å². The van der Waals surface area contributed by atoms with E-state index in [2.05, 4.69) is 68.0 Å². The molecule has 0 amide bonds. The van der Waals surface area contributed by atoms with Crippen molar-refractivity contribution in [3.05, 3.63) is 52.0 Å². The van der Waals surface area contributed by atoms with Gasteiger partial charge < -0.3 is 0 Å². The van der Waals surface area contributed by atoms with E-state index in [1.807, 2.05) is 11.6 Å². The van der Waals surface area contributed by atoms with Crippen LogP contribution in [0.4, 0.5) is 0 Å². The molecule has 1 aromatic heterocycles. The second-order valence-electron chi connectivity index (χ2n) is 4.52. The van der Waals surface area contributed by atoms with E-state index in [9.17, 15) is 0 Å². The van der Waals surface area contributed by atoms with Crippen LogP contribution in [0.15, 0.2) is 35.8 Å². The van der Waals surface area contributed by atoms with Crippen molar-refractivity contribution in [3.63, 3.8) is 0 Å². The van der Waals surface area contributed by atoms with Crippen LogP contribution in [0.3, 0.4) is 0 Å². The van der Waals surface area contributed by atoms with Crippen molar-refractivity contribution < 1.29 is 0 Å². The smallest absolute Gasteiger partial charge is 0.0934 e. The Hall–Kier alpha value is -0.190. The van der Waals surface area contributed by atoms with E-state index in [1.165, 1.54) is 16.1 Å². The Morgan fingerprint density at radius 2 is 1.83 bits per heavy atom. The normalized spacial score (nSPS) is 11.7. The molecule has 1 aromatic carbocycles. The summed E-state index contributed by atoms with van der Waals surface area (Å²) in [5.41, 5.74) is 2.73. The number of nitrogens with zero attached hydrogens (tertiary/aromatic N) is 1. The van der Waals surface area contributed by atoms with Gasteiger partial charge in [0.25, 0.3) is 0 Å². The maximum Gasteiger partial charge on any atom is 0.0934 e. The first-order chi connectivity index (χ1) is 8.70. The van der Waals surface area contributed by atoms with Crippen LogP contribution >= 0.6 is 43.2 Å². The quantitative estimate of drug-likeness (QED) is 0.675. The molecule has 0 saturated heterocycles. The second-order valence-corrected chi connectivity index (χ2v) is 6.62. The highest BCUT2D eigenvalue weighted by Gasteiger charge is 2.31. The number of alkyl halides is 2. The number of thiazole rings is 1. The Balaban J connectivity index is 2.33. The number of aromatic nitrogens is 1. The lowest BCUT2D eigenvalue weighted by molar-refractivity contribution is 0.549. The van der Waals surface area contributed by atoms with Crippen molar-refractivity contribution in [2.75, 3.05) is 10.7 Å². The third kappa shape index (κ3) is 3.03. The summed E-state index contributed by atoms with van der Waals surface area (Å²) in [6.45, 7) is 2.12. The maximum absolute atomic E-state index is 4.42. The number of hydrogen-bond donors (Lipinski definition) is 0. The minimum atomic E-state index is 0.0750. The number of rotatable bonds is 5. The molecule has 0 unspecified atom stereocenters. The Morgan fingerprint density at radius 1 is 1.17 bits per heavy atom. The molecule has 1 nitrogen and oxygen atoms in total. The lowest BCUT2D eigenvalue weighted by Crippen LogP contribution is -2.32. The first kappa shape index (κ1) is 14.2. The average molecular weight is 389 g/mol. The minimum Gasteiger partial charge on any atom is -0.250 e. The van der Waals surface area contributed by atoms with Crippen LogP contribution in [0.5, 0.6) is 0 Å². The van der Waals surface area contributed by atoms with E-state index < -0.39 is 0 Å². The molecule has 0 aliphatic carbocycles. The van der Waals surface area contributed by atoms with E-state index >= 15 is 0 Å². The zero-order valence-corrected chi connectivity index (χ0v) is 14.2. The zero-order valence-electron chi connectivity index (χ0n) is 10.2. The zero-order chi connectivity index (χ0) is 13.0. The Bertz CT molecular complexity index is 475. The number of aryl methyl sites for hydroxylation is 1. The van der Waals surface area contributed by atoms with Gasteiger partial charge in [-0.3, -0.25) is 0 Å². The van der Waals surface area contributed by atoms with Crippen molar-refractivity contribution in [1.82, 2.24) is 4.98 Å². The summed E-state index contributed by atoms with van der Waals surface area (Å²) in [6.07, 6.45) is 2.84. The fraction of sp³-hybridized carbons (Fsp3) is 0.357. The van der Waals surface area contributed by atoms with Gasteiger partial charge in [-0.15, -0.1) is 11.3 Å². The van der Waals surface area contributed by atoms with Crippen LogP contribution in [0.1, 0.15) is 16.1 Å². The van der Waals surface area contributed by atoms with E-state index in [0.717, 1.165) is 17.1 Å². The van der Waals surface area contributed by atoms with Crippen LogP contribution in [-0.4, -0.2) is 15.6 Å².